The molecule has 0 fully saturated rings. The summed E-state index contributed by atoms with van der Waals surface area (Å²) in [6.45, 7) is 4.27. The Morgan fingerprint density at radius 2 is 0.667 bits per heavy atom. The van der Waals surface area contributed by atoms with Crippen LogP contribution in [-0.2, 0) is 4.79 Å². The Balaban J connectivity index is 3.43. The third kappa shape index (κ3) is 50.9. The van der Waals surface area contributed by atoms with Gasteiger partial charge in [-0.3, -0.25) is 4.79 Å². The van der Waals surface area contributed by atoms with Gasteiger partial charge >= 0.3 is 0 Å². The van der Waals surface area contributed by atoms with Gasteiger partial charge in [-0.1, -0.05) is 267 Å². The van der Waals surface area contributed by atoms with Gasteiger partial charge in [-0.15, -0.1) is 0 Å². The molecule has 4 nitrogen and oxygen atoms in total. The van der Waals surface area contributed by atoms with Crippen LogP contribution in [-0.4, -0.2) is 34.9 Å². The van der Waals surface area contributed by atoms with Crippen molar-refractivity contribution in [2.24, 2.45) is 0 Å². The van der Waals surface area contributed by atoms with E-state index in [1.54, 1.807) is 6.08 Å². The summed E-state index contributed by atoms with van der Waals surface area (Å²) in [6.07, 6.45) is 76.8. The van der Waals surface area contributed by atoms with Crippen molar-refractivity contribution in [3.05, 3.63) is 60.8 Å². The van der Waals surface area contributed by atoms with Crippen LogP contribution in [0.4, 0.5) is 0 Å². The maximum atomic E-state index is 12.4. The number of carbonyl (C=O) groups excluding carboxylic acids is 1. The molecule has 0 bridgehead atoms. The first-order valence-corrected chi connectivity index (χ1v) is 28.0. The second-order valence-corrected chi connectivity index (χ2v) is 19.0. The van der Waals surface area contributed by atoms with Gasteiger partial charge in [0, 0.05) is 6.42 Å². The van der Waals surface area contributed by atoms with Crippen molar-refractivity contribution in [1.29, 1.82) is 0 Å². The highest BCUT2D eigenvalue weighted by atomic mass is 16.3. The standard InChI is InChI=1S/C59H109NO3/c1-3-5-7-9-11-13-15-17-19-20-21-22-23-24-25-26-27-28-29-30-31-32-33-34-35-36-37-38-39-40-41-43-45-47-49-51-53-55-59(63)60-57(56-61)58(62)54-52-50-48-46-44-42-18-16-14-12-10-8-6-4-2/h14-17,20-21,44,46,52,54,57-58,61-62H,3-13,18-19,22-43,45,47-51,53,55-56H2,1-2H3,(H,60,63)/b16-14+,17-15-,21-20-,46-44+,54-52+. The lowest BCUT2D eigenvalue weighted by Gasteiger charge is -2.19. The van der Waals surface area contributed by atoms with Crippen LogP contribution in [0.1, 0.15) is 290 Å². The number of allylic oxidation sites excluding steroid dienone is 9. The molecule has 0 aliphatic heterocycles. The van der Waals surface area contributed by atoms with E-state index >= 15 is 0 Å². The van der Waals surface area contributed by atoms with Crippen molar-refractivity contribution in [1.82, 2.24) is 5.32 Å². The number of nitrogens with one attached hydrogen (secondary N) is 1. The lowest BCUT2D eigenvalue weighted by molar-refractivity contribution is -0.123. The van der Waals surface area contributed by atoms with Crippen molar-refractivity contribution < 1.29 is 15.0 Å². The minimum Gasteiger partial charge on any atom is -0.394 e. The van der Waals surface area contributed by atoms with Crippen LogP contribution in [0.15, 0.2) is 60.8 Å². The van der Waals surface area contributed by atoms with Gasteiger partial charge in [0.05, 0.1) is 18.8 Å². The average Bonchev–Trinajstić information content (AvgIpc) is 3.29. The smallest absolute Gasteiger partial charge is 0.220 e. The average molecular weight is 881 g/mol. The number of rotatable bonds is 51. The van der Waals surface area contributed by atoms with Crippen LogP contribution >= 0.6 is 0 Å². The molecule has 2 atom stereocenters. The van der Waals surface area contributed by atoms with E-state index < -0.39 is 12.1 Å². The van der Waals surface area contributed by atoms with E-state index in [4.69, 9.17) is 0 Å². The van der Waals surface area contributed by atoms with Gasteiger partial charge in [-0.2, -0.15) is 0 Å². The van der Waals surface area contributed by atoms with Crippen LogP contribution in [0.2, 0.25) is 0 Å². The Labute approximate surface area is 394 Å². The van der Waals surface area contributed by atoms with E-state index in [1.807, 2.05) is 6.08 Å². The Kier molecular flexibility index (Phi) is 52.8. The second kappa shape index (κ2) is 54.4. The molecule has 0 spiro atoms. The minimum atomic E-state index is -0.869. The van der Waals surface area contributed by atoms with Gasteiger partial charge in [0.1, 0.15) is 0 Å². The summed E-state index contributed by atoms with van der Waals surface area (Å²) in [6, 6.07) is -0.645. The van der Waals surface area contributed by atoms with Crippen LogP contribution in [0.3, 0.4) is 0 Å². The fourth-order valence-electron chi connectivity index (χ4n) is 8.42. The fourth-order valence-corrected chi connectivity index (χ4v) is 8.42. The first-order chi connectivity index (χ1) is 31.2. The normalized spacial score (nSPS) is 13.3. The Morgan fingerprint density at radius 1 is 0.381 bits per heavy atom. The molecule has 1 amide bonds. The van der Waals surface area contributed by atoms with E-state index in [2.05, 4.69) is 67.8 Å². The molecule has 0 aromatic rings. The molecule has 0 heterocycles. The van der Waals surface area contributed by atoms with Gasteiger partial charge < -0.3 is 15.5 Å². The van der Waals surface area contributed by atoms with Crippen LogP contribution in [0, 0.1) is 0 Å². The molecule has 0 aromatic carbocycles. The number of hydrogen-bond acceptors (Lipinski definition) is 3. The molecule has 0 aliphatic rings. The zero-order valence-electron chi connectivity index (χ0n) is 42.3. The SMILES string of the molecule is CCCCCC/C=C/CC/C=C/CC/C=C/C(O)C(CO)NC(=O)CCCCCCCCCCCCCCCCCCCCCCCCCCC/C=C\C/C=C\CCCCCCC. The summed E-state index contributed by atoms with van der Waals surface area (Å²) in [7, 11) is 0. The highest BCUT2D eigenvalue weighted by Gasteiger charge is 2.18. The lowest BCUT2D eigenvalue weighted by atomic mass is 10.0. The third-order valence-corrected chi connectivity index (χ3v) is 12.7. The van der Waals surface area contributed by atoms with Crippen molar-refractivity contribution in [3.63, 3.8) is 0 Å². The van der Waals surface area contributed by atoms with Crippen molar-refractivity contribution in [3.8, 4) is 0 Å². The molecule has 0 saturated heterocycles. The van der Waals surface area contributed by atoms with E-state index in [9.17, 15) is 15.0 Å². The highest BCUT2D eigenvalue weighted by molar-refractivity contribution is 5.76. The fraction of sp³-hybridized carbons (Fsp3) is 0.814. The number of unbranched alkanes of at least 4 members (excludes halogenated alkanes) is 36. The molecule has 0 saturated carbocycles. The predicted octanol–water partition coefficient (Wildman–Crippen LogP) is 18.4. The minimum absolute atomic E-state index is 0.0755. The molecule has 63 heavy (non-hydrogen) atoms. The van der Waals surface area contributed by atoms with Crippen molar-refractivity contribution in [2.75, 3.05) is 6.61 Å². The molecule has 3 N–H and O–H groups in total. The summed E-state index contributed by atoms with van der Waals surface area (Å²) in [5.74, 6) is -0.0755. The van der Waals surface area contributed by atoms with Gasteiger partial charge in [0.25, 0.3) is 0 Å². The number of aliphatic hydroxyl groups is 2. The third-order valence-electron chi connectivity index (χ3n) is 12.7. The molecular formula is C59H109NO3. The molecule has 2 unspecified atom stereocenters. The Hall–Kier alpha value is -1.91. The second-order valence-electron chi connectivity index (χ2n) is 19.0. The molecule has 0 aromatic heterocycles. The number of aliphatic hydroxyl groups excluding tert-OH is 2. The highest BCUT2D eigenvalue weighted by Crippen LogP contribution is 2.17. The molecule has 368 valence electrons. The Bertz CT molecular complexity index is 1040. The molecule has 0 aliphatic carbocycles. The van der Waals surface area contributed by atoms with Crippen LogP contribution < -0.4 is 5.32 Å². The van der Waals surface area contributed by atoms with Gasteiger partial charge in [-0.25, -0.2) is 0 Å². The van der Waals surface area contributed by atoms with E-state index in [-0.39, 0.29) is 12.5 Å². The van der Waals surface area contributed by atoms with Gasteiger partial charge in [0.15, 0.2) is 0 Å². The lowest BCUT2D eigenvalue weighted by Crippen LogP contribution is -2.45. The Morgan fingerprint density at radius 3 is 1.03 bits per heavy atom. The summed E-state index contributed by atoms with van der Waals surface area (Å²) >= 11 is 0. The van der Waals surface area contributed by atoms with Gasteiger partial charge in [-0.05, 0) is 77.0 Å². The summed E-state index contributed by atoms with van der Waals surface area (Å²) in [4.78, 5) is 12.4. The van der Waals surface area contributed by atoms with E-state index in [0.717, 1.165) is 44.9 Å². The maximum Gasteiger partial charge on any atom is 0.220 e. The van der Waals surface area contributed by atoms with Crippen LogP contribution in [0.5, 0.6) is 0 Å². The molecule has 0 radical (unpaired) electrons. The van der Waals surface area contributed by atoms with Gasteiger partial charge in [0.2, 0.25) is 5.91 Å². The quantitative estimate of drug-likeness (QED) is 0.0421. The van der Waals surface area contributed by atoms with Crippen molar-refractivity contribution in [2.45, 2.75) is 302 Å². The molecular weight excluding hydrogens is 771 g/mol. The number of carbonyl (C=O) groups is 1. The first-order valence-electron chi connectivity index (χ1n) is 28.0. The van der Waals surface area contributed by atoms with E-state index in [0.29, 0.717) is 6.42 Å². The molecule has 4 heteroatoms. The maximum absolute atomic E-state index is 12.4. The van der Waals surface area contributed by atoms with E-state index in [1.165, 1.54) is 225 Å². The number of amides is 1. The monoisotopic (exact) mass is 880 g/mol. The van der Waals surface area contributed by atoms with Crippen LogP contribution in [0.25, 0.3) is 0 Å². The first kappa shape index (κ1) is 61.1. The largest absolute Gasteiger partial charge is 0.394 e. The van der Waals surface area contributed by atoms with Crippen molar-refractivity contribution >= 4 is 5.91 Å². The summed E-state index contributed by atoms with van der Waals surface area (Å²) in [5, 5.41) is 23.0. The predicted molar refractivity (Wildman–Crippen MR) is 281 cm³/mol. The summed E-state index contributed by atoms with van der Waals surface area (Å²) in [5.41, 5.74) is 0. The zero-order chi connectivity index (χ0) is 45.6. The topological polar surface area (TPSA) is 69.6 Å². The molecule has 0 rings (SSSR count). The number of hydrogen-bond donors (Lipinski definition) is 3. The zero-order valence-corrected chi connectivity index (χ0v) is 42.3. The summed E-state index contributed by atoms with van der Waals surface area (Å²) < 4.78 is 0.